The lowest BCUT2D eigenvalue weighted by molar-refractivity contribution is -0.127. The molecule has 1 atom stereocenters. The van der Waals surface area contributed by atoms with Crippen LogP contribution in [0.2, 0.25) is 0 Å². The van der Waals surface area contributed by atoms with Crippen LogP contribution < -0.4 is 15.4 Å². The first-order valence-electron chi connectivity index (χ1n) is 10.2. The molecule has 160 valence electrons. The van der Waals surface area contributed by atoms with Crippen LogP contribution in [0.25, 0.3) is 10.9 Å². The Morgan fingerprint density at radius 3 is 2.84 bits per heavy atom. The number of H-pyrrole nitrogens is 1. The SMILES string of the molecule is COc1ccccc1CCN1C(=O)N[C@@H](CCC(=O)Nc2ccc3cc[nH]c3c2)C1=O. The third kappa shape index (κ3) is 4.53. The number of hydrogen-bond acceptors (Lipinski definition) is 4. The second-order valence-electron chi connectivity index (χ2n) is 7.42. The highest BCUT2D eigenvalue weighted by atomic mass is 16.5. The second kappa shape index (κ2) is 8.91. The number of imide groups is 1. The Bertz CT molecular complexity index is 1120. The Morgan fingerprint density at radius 1 is 1.16 bits per heavy atom. The molecular weight excluding hydrogens is 396 g/mol. The van der Waals surface area contributed by atoms with Crippen molar-refractivity contribution in [2.45, 2.75) is 25.3 Å². The molecule has 2 aromatic carbocycles. The summed E-state index contributed by atoms with van der Waals surface area (Å²) < 4.78 is 5.32. The summed E-state index contributed by atoms with van der Waals surface area (Å²) in [6, 6.07) is 13.9. The summed E-state index contributed by atoms with van der Waals surface area (Å²) in [5, 5.41) is 6.57. The number of benzene rings is 2. The third-order valence-corrected chi connectivity index (χ3v) is 5.40. The first-order valence-corrected chi connectivity index (χ1v) is 10.2. The summed E-state index contributed by atoms with van der Waals surface area (Å²) in [4.78, 5) is 41.5. The van der Waals surface area contributed by atoms with Crippen LogP contribution in [-0.4, -0.2) is 47.4 Å². The van der Waals surface area contributed by atoms with Crippen LogP contribution in [0.15, 0.2) is 54.7 Å². The Labute approximate surface area is 179 Å². The molecule has 3 aromatic rings. The summed E-state index contributed by atoms with van der Waals surface area (Å²) in [5.41, 5.74) is 2.54. The normalized spacial score (nSPS) is 15.9. The van der Waals surface area contributed by atoms with E-state index >= 15 is 0 Å². The molecule has 1 aliphatic rings. The lowest BCUT2D eigenvalue weighted by Crippen LogP contribution is -2.33. The van der Waals surface area contributed by atoms with Crippen molar-refractivity contribution < 1.29 is 19.1 Å². The van der Waals surface area contributed by atoms with E-state index in [4.69, 9.17) is 4.74 Å². The van der Waals surface area contributed by atoms with E-state index in [1.807, 2.05) is 54.7 Å². The lowest BCUT2D eigenvalue weighted by Gasteiger charge is -2.14. The van der Waals surface area contributed by atoms with Gasteiger partial charge in [0.25, 0.3) is 5.91 Å². The number of aromatic amines is 1. The topological polar surface area (TPSA) is 104 Å². The molecule has 4 rings (SSSR count). The molecule has 31 heavy (non-hydrogen) atoms. The van der Waals surface area contributed by atoms with Crippen LogP contribution in [0.3, 0.4) is 0 Å². The Morgan fingerprint density at radius 2 is 2.00 bits per heavy atom. The monoisotopic (exact) mass is 420 g/mol. The Balaban J connectivity index is 1.29. The number of carbonyl (C=O) groups excluding carboxylic acids is 3. The number of para-hydroxylation sites is 1. The van der Waals surface area contributed by atoms with E-state index in [1.165, 1.54) is 4.90 Å². The molecule has 2 heterocycles. The van der Waals surface area contributed by atoms with Crippen LogP contribution in [0.4, 0.5) is 10.5 Å². The number of nitrogens with zero attached hydrogens (tertiary/aromatic N) is 1. The predicted octanol–water partition coefficient (Wildman–Crippen LogP) is 3.06. The van der Waals surface area contributed by atoms with E-state index in [9.17, 15) is 14.4 Å². The fourth-order valence-corrected chi connectivity index (χ4v) is 3.75. The van der Waals surface area contributed by atoms with Gasteiger partial charge in [-0.2, -0.15) is 0 Å². The van der Waals surface area contributed by atoms with E-state index in [2.05, 4.69) is 15.6 Å². The number of ether oxygens (including phenoxy) is 1. The number of aromatic nitrogens is 1. The smallest absolute Gasteiger partial charge is 0.324 e. The van der Waals surface area contributed by atoms with Gasteiger partial charge in [0.15, 0.2) is 0 Å². The van der Waals surface area contributed by atoms with E-state index in [-0.39, 0.29) is 31.2 Å². The maximum Gasteiger partial charge on any atom is 0.324 e. The number of carbonyl (C=O) groups is 3. The average Bonchev–Trinajstić information content (AvgIpc) is 3.34. The van der Waals surface area contributed by atoms with Crippen LogP contribution in [0.1, 0.15) is 18.4 Å². The van der Waals surface area contributed by atoms with Gasteiger partial charge in [0, 0.05) is 30.4 Å². The number of rotatable bonds is 8. The molecule has 0 bridgehead atoms. The largest absolute Gasteiger partial charge is 0.496 e. The standard InChI is InChI=1S/C23H24N4O4/c1-31-20-5-3-2-4-16(20)11-13-27-22(29)18(26-23(27)30)8-9-21(28)25-17-7-6-15-10-12-24-19(15)14-17/h2-7,10,12,14,18,24H,8-9,11,13H2,1H3,(H,25,28)(H,26,30)/t18-/m0/s1. The van der Waals surface area contributed by atoms with Crippen LogP contribution in [0.5, 0.6) is 5.75 Å². The molecule has 1 saturated heterocycles. The van der Waals surface area contributed by atoms with E-state index in [0.29, 0.717) is 12.1 Å². The molecule has 0 saturated carbocycles. The molecule has 8 heteroatoms. The number of urea groups is 1. The van der Waals surface area contributed by atoms with Crippen molar-refractivity contribution in [2.75, 3.05) is 19.0 Å². The third-order valence-electron chi connectivity index (χ3n) is 5.40. The van der Waals surface area contributed by atoms with Gasteiger partial charge in [0.05, 0.1) is 7.11 Å². The van der Waals surface area contributed by atoms with Crippen molar-refractivity contribution in [3.63, 3.8) is 0 Å². The number of methoxy groups -OCH3 is 1. The zero-order chi connectivity index (χ0) is 21.8. The van der Waals surface area contributed by atoms with Crippen molar-refractivity contribution in [3.05, 3.63) is 60.3 Å². The second-order valence-corrected chi connectivity index (χ2v) is 7.42. The van der Waals surface area contributed by atoms with Gasteiger partial charge in [-0.1, -0.05) is 24.3 Å². The number of fused-ring (bicyclic) bond motifs is 1. The van der Waals surface area contributed by atoms with Crippen molar-refractivity contribution in [2.24, 2.45) is 0 Å². The maximum absolute atomic E-state index is 12.7. The van der Waals surface area contributed by atoms with Gasteiger partial charge in [-0.05, 0) is 48.1 Å². The van der Waals surface area contributed by atoms with Crippen molar-refractivity contribution in [3.8, 4) is 5.75 Å². The highest BCUT2D eigenvalue weighted by Gasteiger charge is 2.37. The molecule has 0 radical (unpaired) electrons. The van der Waals surface area contributed by atoms with Gasteiger partial charge < -0.3 is 20.4 Å². The molecule has 1 fully saturated rings. The molecule has 3 N–H and O–H groups in total. The van der Waals surface area contributed by atoms with Gasteiger partial charge in [-0.25, -0.2) is 4.79 Å². The molecule has 1 aliphatic heterocycles. The maximum atomic E-state index is 12.7. The summed E-state index contributed by atoms with van der Waals surface area (Å²) in [6.07, 6.45) is 2.70. The van der Waals surface area contributed by atoms with Crippen molar-refractivity contribution in [1.82, 2.24) is 15.2 Å². The molecular formula is C23H24N4O4. The van der Waals surface area contributed by atoms with Crippen molar-refractivity contribution in [1.29, 1.82) is 0 Å². The summed E-state index contributed by atoms with van der Waals surface area (Å²) >= 11 is 0. The quantitative estimate of drug-likeness (QED) is 0.487. The van der Waals surface area contributed by atoms with Gasteiger partial charge in [0.2, 0.25) is 5.91 Å². The predicted molar refractivity (Wildman–Crippen MR) is 117 cm³/mol. The lowest BCUT2D eigenvalue weighted by atomic mass is 10.1. The number of amides is 4. The fourth-order valence-electron chi connectivity index (χ4n) is 3.75. The highest BCUT2D eigenvalue weighted by molar-refractivity contribution is 6.04. The molecule has 8 nitrogen and oxygen atoms in total. The molecule has 0 spiro atoms. The molecule has 0 aliphatic carbocycles. The molecule has 4 amide bonds. The van der Waals surface area contributed by atoms with E-state index < -0.39 is 12.1 Å². The Kier molecular flexibility index (Phi) is 5.88. The highest BCUT2D eigenvalue weighted by Crippen LogP contribution is 2.20. The summed E-state index contributed by atoms with van der Waals surface area (Å²) in [5.74, 6) is 0.209. The summed E-state index contributed by atoms with van der Waals surface area (Å²) in [7, 11) is 1.59. The zero-order valence-corrected chi connectivity index (χ0v) is 17.2. The van der Waals surface area contributed by atoms with Crippen molar-refractivity contribution >= 4 is 34.4 Å². The van der Waals surface area contributed by atoms with Gasteiger partial charge in [-0.3, -0.25) is 14.5 Å². The van der Waals surface area contributed by atoms with Gasteiger partial charge in [-0.15, -0.1) is 0 Å². The number of hydrogen-bond donors (Lipinski definition) is 3. The van der Waals surface area contributed by atoms with E-state index in [1.54, 1.807) is 7.11 Å². The van der Waals surface area contributed by atoms with Gasteiger partial charge in [0.1, 0.15) is 11.8 Å². The first-order chi connectivity index (χ1) is 15.0. The average molecular weight is 420 g/mol. The molecule has 0 unspecified atom stereocenters. The minimum absolute atomic E-state index is 0.125. The Hall–Kier alpha value is -3.81. The van der Waals surface area contributed by atoms with E-state index in [0.717, 1.165) is 22.2 Å². The van der Waals surface area contributed by atoms with Crippen LogP contribution in [0, 0.1) is 0 Å². The molecule has 1 aromatic heterocycles. The van der Waals surface area contributed by atoms with Crippen LogP contribution >= 0.6 is 0 Å². The minimum Gasteiger partial charge on any atom is -0.496 e. The zero-order valence-electron chi connectivity index (χ0n) is 17.2. The first kappa shape index (κ1) is 20.5. The summed E-state index contributed by atoms with van der Waals surface area (Å²) in [6.45, 7) is 0.254. The van der Waals surface area contributed by atoms with Crippen LogP contribution in [-0.2, 0) is 16.0 Å². The minimum atomic E-state index is -0.693. The number of nitrogens with one attached hydrogen (secondary N) is 3. The fraction of sp³-hybridized carbons (Fsp3) is 0.261. The van der Waals surface area contributed by atoms with Gasteiger partial charge >= 0.3 is 6.03 Å². The number of anilines is 1.